The molecule has 0 saturated heterocycles. The first-order chi connectivity index (χ1) is 54.3. The average Bonchev–Trinajstić information content (AvgIpc) is 1.62. The highest BCUT2D eigenvalue weighted by atomic mass is 79.9. The van der Waals surface area contributed by atoms with E-state index in [2.05, 4.69) is 226 Å². The Bertz CT molecular complexity index is 5570. The van der Waals surface area contributed by atoms with Crippen molar-refractivity contribution in [1.29, 1.82) is 0 Å². The van der Waals surface area contributed by atoms with Crippen LogP contribution in [0.15, 0.2) is 199 Å². The molecule has 0 atom stereocenters. The number of nitrogens with one attached hydrogen (secondary N) is 4. The molecular formula is C93H105BBrClN12O5. The number of para-hydroxylation sites is 3. The minimum Gasteiger partial charge on any atom is -0.444 e. The Morgan fingerprint density at radius 2 is 0.956 bits per heavy atom. The third kappa shape index (κ3) is 18.3. The van der Waals surface area contributed by atoms with E-state index in [1.807, 2.05) is 87.4 Å². The Morgan fingerprint density at radius 1 is 0.513 bits per heavy atom. The molecule has 0 saturated carbocycles. The molecule has 0 bridgehead atoms. The molecule has 0 aliphatic carbocycles. The zero-order valence-corrected chi connectivity index (χ0v) is 69.3. The molecule has 17 rings (SSSR count). The van der Waals surface area contributed by atoms with Crippen molar-refractivity contribution in [2.45, 2.75) is 166 Å². The predicted octanol–water partition coefficient (Wildman–Crippen LogP) is 18.9. The van der Waals surface area contributed by atoms with E-state index in [4.69, 9.17) is 30.1 Å². The summed E-state index contributed by atoms with van der Waals surface area (Å²) in [6.07, 6.45) is 15.0. The Hall–Kier alpha value is -10.4. The second kappa shape index (κ2) is 37.1. The molecule has 0 spiro atoms. The maximum atomic E-state index is 12.5. The van der Waals surface area contributed by atoms with Gasteiger partial charge in [-0.3, -0.25) is 9.69 Å². The molecule has 0 radical (unpaired) electrons. The number of H-pyrrole nitrogens is 3. The van der Waals surface area contributed by atoms with Crippen LogP contribution in [-0.2, 0) is 88.7 Å². The van der Waals surface area contributed by atoms with Gasteiger partial charge in [0.1, 0.15) is 16.5 Å². The third-order valence-electron chi connectivity index (χ3n) is 21.7. The number of aldehydes is 1. The van der Waals surface area contributed by atoms with Crippen molar-refractivity contribution < 1.29 is 24.4 Å². The smallest absolute Gasteiger partial charge is 0.444 e. The van der Waals surface area contributed by atoms with Gasteiger partial charge in [0.15, 0.2) is 0 Å². The first kappa shape index (κ1) is 82.1. The summed E-state index contributed by atoms with van der Waals surface area (Å²) < 4.78 is 13.0. The molecular weight excluding hydrogens is 1490 g/mol. The average molecular weight is 1600 g/mol. The van der Waals surface area contributed by atoms with Gasteiger partial charge in [-0.25, -0.2) is 18.8 Å². The summed E-state index contributed by atoms with van der Waals surface area (Å²) in [5.74, 6) is 0. The van der Waals surface area contributed by atoms with Crippen molar-refractivity contribution >= 4 is 86.0 Å². The lowest BCUT2D eigenvalue weighted by Gasteiger charge is -2.29. The lowest BCUT2D eigenvalue weighted by molar-refractivity contribution is 0.0223. The molecule has 20 heteroatoms. The first-order valence-electron chi connectivity index (χ1n) is 39.7. The van der Waals surface area contributed by atoms with Crippen LogP contribution in [0.1, 0.15) is 157 Å². The molecule has 113 heavy (non-hydrogen) atoms. The van der Waals surface area contributed by atoms with Crippen LogP contribution in [0, 0.1) is 13.8 Å². The number of rotatable bonds is 15. The number of aromatic amines is 3. The number of nitrogens with zero attached hydrogens (tertiary/aromatic N) is 8. The highest BCUT2D eigenvalue weighted by molar-refractivity contribution is 9.10. The quantitative estimate of drug-likeness (QED) is 0.0423. The zero-order chi connectivity index (χ0) is 78.7. The molecule has 14 aromatic rings. The monoisotopic (exact) mass is 1590 g/mol. The van der Waals surface area contributed by atoms with Gasteiger partial charge in [0.25, 0.3) is 0 Å². The zero-order valence-electron chi connectivity index (χ0n) is 66.9. The highest BCUT2D eigenvalue weighted by Crippen LogP contribution is 2.40. The Balaban J connectivity index is 0.000000139. The number of hydrogen-bond acceptors (Lipinski definition) is 10. The molecule has 8 aromatic carbocycles. The number of benzene rings is 8. The van der Waals surface area contributed by atoms with Crippen LogP contribution in [0.25, 0.3) is 72.3 Å². The van der Waals surface area contributed by atoms with Crippen molar-refractivity contribution in [2.24, 2.45) is 0 Å². The van der Waals surface area contributed by atoms with E-state index >= 15 is 0 Å². The van der Waals surface area contributed by atoms with Crippen LogP contribution in [0.3, 0.4) is 0 Å². The molecule has 17 nitrogen and oxygen atoms in total. The maximum absolute atomic E-state index is 12.5. The highest BCUT2D eigenvalue weighted by Gasteiger charge is 2.33. The van der Waals surface area contributed by atoms with Crippen molar-refractivity contribution in [3.8, 4) is 39.6 Å². The second-order valence-corrected chi connectivity index (χ2v) is 30.8. The number of fused-ring (bicyclic) bond motifs is 6. The van der Waals surface area contributed by atoms with Crippen LogP contribution in [-0.4, -0.2) is 109 Å². The minimum atomic E-state index is -1.38. The van der Waals surface area contributed by atoms with E-state index in [0.29, 0.717) is 18.6 Å². The normalized spacial score (nSPS) is 13.1. The number of halogens is 2. The van der Waals surface area contributed by atoms with Crippen molar-refractivity contribution in [3.05, 3.63) is 289 Å². The molecule has 3 aliphatic heterocycles. The van der Waals surface area contributed by atoms with E-state index < -0.39 is 12.7 Å². The predicted molar refractivity (Wildman–Crippen MR) is 466 cm³/mol. The summed E-state index contributed by atoms with van der Waals surface area (Å²) in [4.78, 5) is 36.7. The van der Waals surface area contributed by atoms with Crippen LogP contribution in [0.2, 0.25) is 0 Å². The summed E-state index contributed by atoms with van der Waals surface area (Å²) in [5, 5.41) is 40.1. The number of carbonyl (C=O) groups excluding carboxylic acids is 2. The van der Waals surface area contributed by atoms with Crippen LogP contribution < -0.4 is 10.8 Å². The fraction of sp³-hybridized carbons (Fsp3) is 0.301. The van der Waals surface area contributed by atoms with Crippen LogP contribution in [0.4, 0.5) is 4.79 Å². The number of hydrogen-bond donors (Lipinski definition) is 6. The van der Waals surface area contributed by atoms with E-state index in [0.717, 1.165) is 140 Å². The Labute approximate surface area is 678 Å². The largest absolute Gasteiger partial charge is 0.488 e. The van der Waals surface area contributed by atoms with Gasteiger partial charge in [-0.15, -0.1) is 12.4 Å². The molecule has 584 valence electrons. The Morgan fingerprint density at radius 3 is 1.44 bits per heavy atom. The number of aromatic nitrogens is 9. The van der Waals surface area contributed by atoms with Crippen molar-refractivity contribution in [2.75, 3.05) is 19.6 Å². The number of aryl methyl sites for hydroxylation is 8. The Kier molecular flexibility index (Phi) is 26.9. The molecule has 0 fully saturated rings. The summed E-state index contributed by atoms with van der Waals surface area (Å²) in [5.41, 5.74) is 31.9. The fourth-order valence-electron chi connectivity index (χ4n) is 15.6. The molecule has 6 aromatic heterocycles. The van der Waals surface area contributed by atoms with E-state index in [-0.39, 0.29) is 18.5 Å². The standard InChI is InChI=1S/C32H34N4.C24H26N4.C21H28BrN3O2.C8H8BNO2.C8H8O.ClH/c1-4-23-11-8-12-24(5-2)31(23)36-32(26-13-14-29-25(19-26)15-17-33-29)28-21-35(18-16-30(28)34-36)20-27-10-7-6-9-22(27)3;1-3-16-6-5-7-17(4-2)23(16)28-24(20-15-25-12-11-22(20)27-28)19-8-9-21-18(14-19)10-13-26-21;1-6-14-9-8-10-15(7-2)18(14)25-19(22)16-13-24(12-11-17(16)23-25)20(26)27-21(3,4)5;11-9(12)7-1-2-8-6(5-7)3-4-10-8;1-7-4-2-3-5-8(7)6-9;/h6-15,17,19,33H,4-5,16,18,20-21H2,1-3H3;5-10,13-14,25-26H,3-4,11-12,15H2,1-2H3;8-10H,6-7,11-13H2,1-5H3;1-5,10-12H;2-6H,1H3;1H. The summed E-state index contributed by atoms with van der Waals surface area (Å²) in [6, 6.07) is 61.0. The summed E-state index contributed by atoms with van der Waals surface area (Å²) in [6.45, 7) is 29.0. The SMILES string of the molecule is CCc1cccc(CC)c1-n1nc2c(c1-c1ccc3[nH]ccc3c1)CN(Cc1ccccc1C)CC2.CCc1cccc(CC)c1-n1nc2c(c1-c1ccc3[nH]ccc3c1)CNCC2.CCc1cccc(CC)c1-n1nc2c(c1Br)CN(C(=O)OC(C)(C)C)CC2.Cc1ccccc1C=O.Cl.OB(O)c1ccc2[nH]ccc2c1. The maximum Gasteiger partial charge on any atom is 0.488 e. The molecule has 3 aliphatic rings. The molecule has 1 amide bonds. The molecule has 0 unspecified atom stereocenters. The van der Waals surface area contributed by atoms with Crippen molar-refractivity contribution in [3.63, 3.8) is 0 Å². The number of carbonyl (C=O) groups is 2. The summed E-state index contributed by atoms with van der Waals surface area (Å²) in [7, 11) is -1.38. The van der Waals surface area contributed by atoms with Crippen LogP contribution in [0.5, 0.6) is 0 Å². The topological polar surface area (TPSA) is 203 Å². The van der Waals surface area contributed by atoms with Crippen LogP contribution >= 0.6 is 28.3 Å². The van der Waals surface area contributed by atoms with E-state index in [1.54, 1.807) is 17.0 Å². The number of ether oxygens (including phenoxy) is 1. The third-order valence-corrected chi connectivity index (χ3v) is 22.5. The molecule has 9 heterocycles. The second-order valence-electron chi connectivity index (χ2n) is 30.1. The van der Waals surface area contributed by atoms with Gasteiger partial charge in [-0.05, 0) is 199 Å². The van der Waals surface area contributed by atoms with E-state index in [9.17, 15) is 9.59 Å². The first-order valence-corrected chi connectivity index (χ1v) is 40.5. The van der Waals surface area contributed by atoms with Gasteiger partial charge < -0.3 is 40.0 Å². The number of amides is 1. The van der Waals surface area contributed by atoms with Gasteiger partial charge in [0.2, 0.25) is 0 Å². The lowest BCUT2D eigenvalue weighted by atomic mass is 9.80. The van der Waals surface area contributed by atoms with Gasteiger partial charge in [0, 0.05) is 138 Å². The molecule has 6 N–H and O–H groups in total. The lowest BCUT2D eigenvalue weighted by Crippen LogP contribution is -2.39. The van der Waals surface area contributed by atoms with Gasteiger partial charge in [0.05, 0.1) is 52.1 Å². The van der Waals surface area contributed by atoms with E-state index in [1.165, 1.54) is 123 Å². The fourth-order valence-corrected chi connectivity index (χ4v) is 16.2. The minimum absolute atomic E-state index is 0. The van der Waals surface area contributed by atoms with Crippen molar-refractivity contribution in [1.82, 2.24) is 59.4 Å². The van der Waals surface area contributed by atoms with Gasteiger partial charge in [-0.1, -0.05) is 169 Å². The van der Waals surface area contributed by atoms with Gasteiger partial charge in [-0.2, -0.15) is 15.3 Å². The van der Waals surface area contributed by atoms with Gasteiger partial charge >= 0.3 is 13.2 Å². The summed E-state index contributed by atoms with van der Waals surface area (Å²) >= 11 is 3.76.